The minimum atomic E-state index is -0.0210. The SMILES string of the molecule is Cc1sc2nc(C)n(CCC(=O)NC[C@@H]3CCCN4CCCCC34)c(=O)c2c1C. The number of piperidine rings is 2. The minimum Gasteiger partial charge on any atom is -0.356 e. The summed E-state index contributed by atoms with van der Waals surface area (Å²) in [7, 11) is 0. The average Bonchev–Trinajstić information content (AvgIpc) is 2.99. The summed E-state index contributed by atoms with van der Waals surface area (Å²) in [5, 5.41) is 3.85. The molecule has 0 bridgehead atoms. The van der Waals surface area contributed by atoms with Crippen molar-refractivity contribution >= 4 is 27.5 Å². The van der Waals surface area contributed by atoms with Crippen molar-refractivity contribution in [3.8, 4) is 0 Å². The zero-order chi connectivity index (χ0) is 20.5. The Morgan fingerprint density at radius 2 is 1.97 bits per heavy atom. The van der Waals surface area contributed by atoms with Crippen LogP contribution < -0.4 is 10.9 Å². The van der Waals surface area contributed by atoms with E-state index in [-0.39, 0.29) is 11.5 Å². The Morgan fingerprint density at radius 1 is 1.17 bits per heavy atom. The van der Waals surface area contributed by atoms with E-state index in [0.717, 1.165) is 21.8 Å². The fourth-order valence-electron chi connectivity index (χ4n) is 5.05. The molecule has 1 N–H and O–H groups in total. The van der Waals surface area contributed by atoms with Crippen LogP contribution in [0.5, 0.6) is 0 Å². The summed E-state index contributed by atoms with van der Waals surface area (Å²) >= 11 is 1.57. The molecule has 7 heteroatoms. The standard InChI is InChI=1S/C22H32N4O2S/c1-14-15(2)29-21-20(14)22(28)26(16(3)24-21)12-9-19(27)23-13-17-7-6-11-25-10-5-4-8-18(17)25/h17-18H,4-13H2,1-3H3,(H,23,27)/t17-,18?/m0/s1. The van der Waals surface area contributed by atoms with Gasteiger partial charge in [0.15, 0.2) is 0 Å². The molecule has 2 aromatic rings. The molecular weight excluding hydrogens is 384 g/mol. The number of aromatic nitrogens is 2. The van der Waals surface area contributed by atoms with Crippen LogP contribution >= 0.6 is 11.3 Å². The van der Waals surface area contributed by atoms with Crippen molar-refractivity contribution in [1.82, 2.24) is 19.8 Å². The van der Waals surface area contributed by atoms with Gasteiger partial charge in [-0.25, -0.2) is 4.98 Å². The van der Waals surface area contributed by atoms with Crippen LogP contribution in [-0.4, -0.2) is 46.0 Å². The molecule has 0 spiro atoms. The number of hydrogen-bond donors (Lipinski definition) is 1. The van der Waals surface area contributed by atoms with Gasteiger partial charge < -0.3 is 10.2 Å². The number of carbonyl (C=O) groups is 1. The lowest BCUT2D eigenvalue weighted by atomic mass is 9.83. The lowest BCUT2D eigenvalue weighted by Crippen LogP contribution is -2.51. The largest absolute Gasteiger partial charge is 0.356 e. The Hall–Kier alpha value is -1.73. The van der Waals surface area contributed by atoms with E-state index in [0.29, 0.717) is 36.1 Å². The fraction of sp³-hybridized carbons (Fsp3) is 0.682. The lowest BCUT2D eigenvalue weighted by Gasteiger charge is -2.44. The van der Waals surface area contributed by atoms with Crippen LogP contribution in [0.1, 0.15) is 54.8 Å². The van der Waals surface area contributed by atoms with E-state index in [1.165, 1.54) is 45.2 Å². The molecule has 0 aliphatic carbocycles. The molecule has 2 atom stereocenters. The first-order valence-electron chi connectivity index (χ1n) is 10.9. The van der Waals surface area contributed by atoms with Gasteiger partial charge >= 0.3 is 0 Å². The van der Waals surface area contributed by atoms with Crippen LogP contribution in [0.2, 0.25) is 0 Å². The molecule has 0 saturated carbocycles. The Morgan fingerprint density at radius 3 is 2.79 bits per heavy atom. The molecule has 0 aromatic carbocycles. The summed E-state index contributed by atoms with van der Waals surface area (Å²) in [5.74, 6) is 1.27. The summed E-state index contributed by atoms with van der Waals surface area (Å²) in [6.07, 6.45) is 6.64. The topological polar surface area (TPSA) is 67.2 Å². The molecule has 2 saturated heterocycles. The zero-order valence-corrected chi connectivity index (χ0v) is 18.6. The Labute approximate surface area is 176 Å². The molecule has 4 heterocycles. The molecule has 0 radical (unpaired) electrons. The van der Waals surface area contributed by atoms with Gasteiger partial charge in [-0.2, -0.15) is 0 Å². The van der Waals surface area contributed by atoms with Gasteiger partial charge in [0.05, 0.1) is 5.39 Å². The van der Waals surface area contributed by atoms with Crippen molar-refractivity contribution in [3.63, 3.8) is 0 Å². The Kier molecular flexibility index (Phi) is 6.06. The molecule has 2 aliphatic heterocycles. The number of nitrogens with one attached hydrogen (secondary N) is 1. The third kappa shape index (κ3) is 4.12. The highest BCUT2D eigenvalue weighted by atomic mass is 32.1. The predicted octanol–water partition coefficient (Wildman–Crippen LogP) is 3.15. The van der Waals surface area contributed by atoms with Crippen molar-refractivity contribution in [2.24, 2.45) is 5.92 Å². The predicted molar refractivity (Wildman–Crippen MR) is 118 cm³/mol. The second-order valence-corrected chi connectivity index (χ2v) is 9.84. The first-order valence-corrected chi connectivity index (χ1v) is 11.7. The van der Waals surface area contributed by atoms with E-state index < -0.39 is 0 Å². The van der Waals surface area contributed by atoms with Gasteiger partial charge in [-0.05, 0) is 71.0 Å². The van der Waals surface area contributed by atoms with Crippen LogP contribution in [0, 0.1) is 26.7 Å². The van der Waals surface area contributed by atoms with Crippen molar-refractivity contribution in [1.29, 1.82) is 0 Å². The van der Waals surface area contributed by atoms with Gasteiger partial charge in [0.1, 0.15) is 10.7 Å². The second-order valence-electron chi connectivity index (χ2n) is 8.63. The molecule has 2 aliphatic rings. The number of fused-ring (bicyclic) bond motifs is 2. The molecule has 158 valence electrons. The molecule has 1 amide bonds. The monoisotopic (exact) mass is 416 g/mol. The summed E-state index contributed by atoms with van der Waals surface area (Å²) in [6, 6.07) is 0.638. The first-order chi connectivity index (χ1) is 14.0. The quantitative estimate of drug-likeness (QED) is 0.813. The molecule has 29 heavy (non-hydrogen) atoms. The normalized spacial score (nSPS) is 22.6. The van der Waals surface area contributed by atoms with Crippen LogP contribution in [0.25, 0.3) is 10.2 Å². The Bertz CT molecular complexity index is 962. The lowest BCUT2D eigenvalue weighted by molar-refractivity contribution is -0.121. The number of amides is 1. The minimum absolute atomic E-state index is 0.0210. The highest BCUT2D eigenvalue weighted by molar-refractivity contribution is 7.18. The number of nitrogens with zero attached hydrogens (tertiary/aromatic N) is 3. The summed E-state index contributed by atoms with van der Waals surface area (Å²) in [5.41, 5.74) is 0.988. The molecule has 2 fully saturated rings. The van der Waals surface area contributed by atoms with Crippen molar-refractivity contribution < 1.29 is 4.79 Å². The van der Waals surface area contributed by atoms with E-state index in [4.69, 9.17) is 0 Å². The second kappa shape index (κ2) is 8.56. The zero-order valence-electron chi connectivity index (χ0n) is 17.8. The van der Waals surface area contributed by atoms with Gasteiger partial charge in [0.25, 0.3) is 5.56 Å². The molecule has 6 nitrogen and oxygen atoms in total. The Balaban J connectivity index is 1.37. The maximum absolute atomic E-state index is 13.0. The van der Waals surface area contributed by atoms with Crippen molar-refractivity contribution in [3.05, 3.63) is 26.6 Å². The van der Waals surface area contributed by atoms with Gasteiger partial charge in [0, 0.05) is 30.4 Å². The smallest absolute Gasteiger partial charge is 0.262 e. The van der Waals surface area contributed by atoms with E-state index in [1.807, 2.05) is 20.8 Å². The van der Waals surface area contributed by atoms with Gasteiger partial charge in [-0.1, -0.05) is 6.42 Å². The molecule has 1 unspecified atom stereocenters. The van der Waals surface area contributed by atoms with E-state index in [2.05, 4.69) is 15.2 Å². The average molecular weight is 417 g/mol. The number of aryl methyl sites for hydroxylation is 3. The molecule has 2 aromatic heterocycles. The van der Waals surface area contributed by atoms with Crippen LogP contribution in [0.4, 0.5) is 0 Å². The van der Waals surface area contributed by atoms with Crippen molar-refractivity contribution in [2.75, 3.05) is 19.6 Å². The third-order valence-corrected chi connectivity index (χ3v) is 7.93. The van der Waals surface area contributed by atoms with E-state index >= 15 is 0 Å². The number of hydrogen-bond acceptors (Lipinski definition) is 5. The highest BCUT2D eigenvalue weighted by Crippen LogP contribution is 2.30. The fourth-order valence-corrected chi connectivity index (χ4v) is 6.12. The van der Waals surface area contributed by atoms with E-state index in [9.17, 15) is 9.59 Å². The maximum Gasteiger partial charge on any atom is 0.262 e. The highest BCUT2D eigenvalue weighted by Gasteiger charge is 2.32. The van der Waals surface area contributed by atoms with Gasteiger partial charge in [-0.15, -0.1) is 11.3 Å². The van der Waals surface area contributed by atoms with Crippen LogP contribution in [-0.2, 0) is 11.3 Å². The summed E-state index contributed by atoms with van der Waals surface area (Å²) < 4.78 is 1.66. The maximum atomic E-state index is 13.0. The van der Waals surface area contributed by atoms with Crippen LogP contribution in [0.3, 0.4) is 0 Å². The molecule has 4 rings (SSSR count). The molecular formula is C22H32N4O2S. The third-order valence-electron chi connectivity index (χ3n) is 6.83. The van der Waals surface area contributed by atoms with Gasteiger partial charge in [0.2, 0.25) is 5.91 Å². The number of carbonyl (C=O) groups excluding carboxylic acids is 1. The number of thiophene rings is 1. The summed E-state index contributed by atoms with van der Waals surface area (Å²) in [4.78, 5) is 34.6. The van der Waals surface area contributed by atoms with Crippen LogP contribution in [0.15, 0.2) is 4.79 Å². The van der Waals surface area contributed by atoms with Gasteiger partial charge in [-0.3, -0.25) is 14.2 Å². The van der Waals surface area contributed by atoms with E-state index in [1.54, 1.807) is 15.9 Å². The van der Waals surface area contributed by atoms with Crippen molar-refractivity contribution in [2.45, 2.75) is 71.9 Å². The summed E-state index contributed by atoms with van der Waals surface area (Å²) in [6.45, 7) is 9.42. The number of rotatable bonds is 5. The first kappa shape index (κ1) is 20.5.